The summed E-state index contributed by atoms with van der Waals surface area (Å²) in [6.45, 7) is 3.43. The van der Waals surface area contributed by atoms with Crippen LogP contribution in [0.4, 0.5) is 23.0 Å². The second kappa shape index (κ2) is 7.41. The molecule has 4 N–H and O–H groups in total. The average molecular weight is 433 g/mol. The highest BCUT2D eigenvalue weighted by molar-refractivity contribution is 6.31. The lowest BCUT2D eigenvalue weighted by atomic mass is 9.83. The van der Waals surface area contributed by atoms with Crippen molar-refractivity contribution < 1.29 is 5.11 Å². The SMILES string of the molecule is CC1(CO)CNc2c(C#N)cc(-c3ccnc(Nc4cc(Cl)cc5c4CCN5)n3)cc21. The summed E-state index contributed by atoms with van der Waals surface area (Å²) >= 11 is 6.27. The van der Waals surface area contributed by atoms with Gasteiger partial charge in [0.25, 0.3) is 0 Å². The molecule has 0 radical (unpaired) electrons. The van der Waals surface area contributed by atoms with Gasteiger partial charge in [0.15, 0.2) is 0 Å². The second-order valence-electron chi connectivity index (χ2n) is 8.18. The Labute approximate surface area is 185 Å². The first-order chi connectivity index (χ1) is 15.0. The van der Waals surface area contributed by atoms with Crippen LogP contribution in [0.3, 0.4) is 0 Å². The largest absolute Gasteiger partial charge is 0.395 e. The summed E-state index contributed by atoms with van der Waals surface area (Å²) in [5.74, 6) is 0.455. The number of rotatable bonds is 4. The van der Waals surface area contributed by atoms with Gasteiger partial charge in [0.05, 0.1) is 23.6 Å². The van der Waals surface area contributed by atoms with Crippen LogP contribution in [-0.2, 0) is 11.8 Å². The molecule has 2 aliphatic heterocycles. The van der Waals surface area contributed by atoms with Crippen molar-refractivity contribution in [2.24, 2.45) is 0 Å². The maximum Gasteiger partial charge on any atom is 0.227 e. The zero-order valence-corrected chi connectivity index (χ0v) is 17.7. The van der Waals surface area contributed by atoms with E-state index in [1.165, 1.54) is 0 Å². The fourth-order valence-electron chi connectivity index (χ4n) is 4.26. The molecule has 1 unspecified atom stereocenters. The summed E-state index contributed by atoms with van der Waals surface area (Å²) in [7, 11) is 0. The summed E-state index contributed by atoms with van der Waals surface area (Å²) in [6, 6.07) is 11.7. The van der Waals surface area contributed by atoms with Crippen LogP contribution in [0.2, 0.25) is 5.02 Å². The van der Waals surface area contributed by atoms with Gasteiger partial charge < -0.3 is 21.1 Å². The zero-order valence-electron chi connectivity index (χ0n) is 17.0. The molecule has 7 nitrogen and oxygen atoms in total. The predicted molar refractivity (Wildman–Crippen MR) is 122 cm³/mol. The Morgan fingerprint density at radius 1 is 1.29 bits per heavy atom. The fraction of sp³-hybridized carbons (Fsp3) is 0.261. The molecule has 2 aliphatic rings. The number of nitrogens with one attached hydrogen (secondary N) is 3. The van der Waals surface area contributed by atoms with E-state index in [9.17, 15) is 10.4 Å². The van der Waals surface area contributed by atoms with Gasteiger partial charge >= 0.3 is 0 Å². The summed E-state index contributed by atoms with van der Waals surface area (Å²) < 4.78 is 0. The molecule has 0 amide bonds. The number of aliphatic hydroxyl groups is 1. The van der Waals surface area contributed by atoms with E-state index in [0.29, 0.717) is 28.8 Å². The van der Waals surface area contributed by atoms with Crippen molar-refractivity contribution in [3.63, 3.8) is 0 Å². The molecule has 1 atom stereocenters. The lowest BCUT2D eigenvalue weighted by molar-refractivity contribution is 0.219. The quantitative estimate of drug-likeness (QED) is 0.492. The predicted octanol–water partition coefficient (Wildman–Crippen LogP) is 4.06. The highest BCUT2D eigenvalue weighted by atomic mass is 35.5. The van der Waals surface area contributed by atoms with Crippen LogP contribution in [0.1, 0.15) is 23.6 Å². The lowest BCUT2D eigenvalue weighted by Gasteiger charge is -2.21. The molecule has 156 valence electrons. The Balaban J connectivity index is 1.54. The van der Waals surface area contributed by atoms with Crippen LogP contribution in [0.25, 0.3) is 11.3 Å². The van der Waals surface area contributed by atoms with E-state index in [4.69, 9.17) is 11.6 Å². The number of aliphatic hydroxyl groups excluding tert-OH is 1. The second-order valence-corrected chi connectivity index (χ2v) is 8.61. The maximum atomic E-state index is 9.93. The number of hydrogen-bond donors (Lipinski definition) is 4. The molecule has 0 bridgehead atoms. The summed E-state index contributed by atoms with van der Waals surface area (Å²) in [6.07, 6.45) is 2.59. The van der Waals surface area contributed by atoms with Crippen molar-refractivity contribution in [3.8, 4) is 17.3 Å². The van der Waals surface area contributed by atoms with Gasteiger partial charge in [-0.3, -0.25) is 0 Å². The first-order valence-electron chi connectivity index (χ1n) is 10.1. The molecule has 2 aromatic carbocycles. The van der Waals surface area contributed by atoms with E-state index in [1.807, 2.05) is 37.3 Å². The molecule has 0 aliphatic carbocycles. The third kappa shape index (κ3) is 3.34. The summed E-state index contributed by atoms with van der Waals surface area (Å²) in [4.78, 5) is 9.06. The minimum Gasteiger partial charge on any atom is -0.395 e. The Bertz CT molecular complexity index is 1240. The Morgan fingerprint density at radius 3 is 2.97 bits per heavy atom. The van der Waals surface area contributed by atoms with Crippen LogP contribution in [0.15, 0.2) is 36.5 Å². The van der Waals surface area contributed by atoms with Gasteiger partial charge in [-0.25, -0.2) is 9.97 Å². The van der Waals surface area contributed by atoms with Gasteiger partial charge in [-0.2, -0.15) is 5.26 Å². The minimum atomic E-state index is -0.445. The molecule has 8 heteroatoms. The van der Waals surface area contributed by atoms with Gasteiger partial charge in [0.1, 0.15) is 6.07 Å². The molecule has 0 saturated carbocycles. The number of hydrogen-bond acceptors (Lipinski definition) is 7. The summed E-state index contributed by atoms with van der Waals surface area (Å²) in [5, 5.41) is 30.1. The highest BCUT2D eigenvalue weighted by Gasteiger charge is 2.36. The molecule has 5 rings (SSSR count). The van der Waals surface area contributed by atoms with E-state index >= 15 is 0 Å². The van der Waals surface area contributed by atoms with Crippen LogP contribution in [-0.4, -0.2) is 34.8 Å². The number of nitrogens with zero attached hydrogens (tertiary/aromatic N) is 3. The van der Waals surface area contributed by atoms with E-state index in [-0.39, 0.29) is 6.61 Å². The number of fused-ring (bicyclic) bond motifs is 2. The Kier molecular flexibility index (Phi) is 4.69. The Hall–Kier alpha value is -3.34. The Morgan fingerprint density at radius 2 is 2.16 bits per heavy atom. The number of benzene rings is 2. The molecule has 1 aromatic heterocycles. The first-order valence-corrected chi connectivity index (χ1v) is 10.5. The number of halogens is 1. The summed E-state index contributed by atoms with van der Waals surface area (Å²) in [5.41, 5.74) is 6.38. The maximum absolute atomic E-state index is 9.93. The van der Waals surface area contributed by atoms with Gasteiger partial charge in [-0.15, -0.1) is 0 Å². The molecule has 0 fully saturated rings. The van der Waals surface area contributed by atoms with E-state index < -0.39 is 5.41 Å². The molecular formula is C23H21ClN6O. The van der Waals surface area contributed by atoms with Gasteiger partial charge in [-0.1, -0.05) is 18.5 Å². The van der Waals surface area contributed by atoms with Crippen molar-refractivity contribution in [1.29, 1.82) is 5.26 Å². The van der Waals surface area contributed by atoms with Crippen LogP contribution in [0, 0.1) is 11.3 Å². The normalized spacial score (nSPS) is 18.5. The van der Waals surface area contributed by atoms with Crippen molar-refractivity contribution in [1.82, 2.24) is 9.97 Å². The van der Waals surface area contributed by atoms with Crippen molar-refractivity contribution in [3.05, 3.63) is 58.2 Å². The third-order valence-electron chi connectivity index (χ3n) is 6.02. The highest BCUT2D eigenvalue weighted by Crippen LogP contribution is 2.41. The molecule has 3 heterocycles. The lowest BCUT2D eigenvalue weighted by Crippen LogP contribution is -2.28. The van der Waals surface area contributed by atoms with Crippen LogP contribution in [0.5, 0.6) is 0 Å². The van der Waals surface area contributed by atoms with Crippen molar-refractivity contribution >= 4 is 34.6 Å². The van der Waals surface area contributed by atoms with Gasteiger partial charge in [-0.05, 0) is 42.3 Å². The monoisotopic (exact) mass is 432 g/mol. The zero-order chi connectivity index (χ0) is 21.6. The van der Waals surface area contributed by atoms with E-state index in [1.54, 1.807) is 6.20 Å². The standard InChI is InChI=1S/C23H21ClN6O/c1-23(12-31)11-28-21-14(10-25)6-13(7-17(21)23)18-3-5-27-22(29-18)30-20-9-15(24)8-19-16(20)2-4-26-19/h3,5-9,26,28,31H,2,4,11-12H2,1H3,(H,27,29,30). The third-order valence-corrected chi connectivity index (χ3v) is 6.23. The molecular weight excluding hydrogens is 412 g/mol. The van der Waals surface area contributed by atoms with Gasteiger partial charge in [0.2, 0.25) is 5.95 Å². The molecule has 3 aromatic rings. The van der Waals surface area contributed by atoms with E-state index in [0.717, 1.165) is 46.7 Å². The molecule has 0 saturated heterocycles. The minimum absolute atomic E-state index is 0.00812. The van der Waals surface area contributed by atoms with Crippen LogP contribution < -0.4 is 16.0 Å². The number of anilines is 4. The molecule has 0 spiro atoms. The number of aromatic nitrogens is 2. The molecule has 31 heavy (non-hydrogen) atoms. The first kappa shape index (κ1) is 19.6. The topological polar surface area (TPSA) is 106 Å². The smallest absolute Gasteiger partial charge is 0.227 e. The van der Waals surface area contributed by atoms with Crippen LogP contribution >= 0.6 is 11.6 Å². The van der Waals surface area contributed by atoms with Gasteiger partial charge in [0, 0.05) is 52.2 Å². The number of nitriles is 1. The van der Waals surface area contributed by atoms with Crippen molar-refractivity contribution in [2.75, 3.05) is 35.6 Å². The van der Waals surface area contributed by atoms with E-state index in [2.05, 4.69) is 32.0 Å². The fourth-order valence-corrected chi connectivity index (χ4v) is 4.48. The average Bonchev–Trinajstić information content (AvgIpc) is 3.38. The van der Waals surface area contributed by atoms with Crippen molar-refractivity contribution in [2.45, 2.75) is 18.8 Å².